The summed E-state index contributed by atoms with van der Waals surface area (Å²) in [6, 6.07) is 0. The molecule has 0 nitrogen and oxygen atoms in total. The maximum atomic E-state index is 3.25. The molecule has 0 unspecified atom stereocenters. The van der Waals surface area contributed by atoms with Gasteiger partial charge in [-0.05, 0) is 0 Å². The molecule has 0 saturated carbocycles. The molecule has 0 aromatic rings. The quantitative estimate of drug-likeness (QED) is 0.360. The summed E-state index contributed by atoms with van der Waals surface area (Å²) in [6.45, 7) is 18.4. The van der Waals surface area contributed by atoms with Gasteiger partial charge in [-0.2, -0.15) is 25.0 Å². The van der Waals surface area contributed by atoms with Crippen molar-refractivity contribution in [2.24, 2.45) is 0 Å². The molecule has 0 spiro atoms. The molecular formula is C18H32Cl2SiTi-4. The fraction of sp³-hybridized carbons (Fsp3) is 0.444. The third-order valence-corrected chi connectivity index (χ3v) is 2.22. The predicted octanol–water partition coefficient (Wildman–Crippen LogP) is 5.78. The Morgan fingerprint density at radius 1 is 0.773 bits per heavy atom. The monoisotopic (exact) mass is 394 g/mol. The van der Waals surface area contributed by atoms with E-state index in [1.165, 1.54) is 22.3 Å². The van der Waals surface area contributed by atoms with Crippen molar-refractivity contribution in [2.75, 3.05) is 0 Å². The van der Waals surface area contributed by atoms with Crippen LogP contribution in [-0.2, 0) is 19.2 Å². The molecule has 0 aliphatic heterocycles. The van der Waals surface area contributed by atoms with Gasteiger partial charge in [0.1, 0.15) is 0 Å². The van der Waals surface area contributed by atoms with Crippen LogP contribution in [0.1, 0.15) is 54.4 Å². The average molecular weight is 395 g/mol. The topological polar surface area (TPSA) is 0 Å². The van der Waals surface area contributed by atoms with Gasteiger partial charge in [0, 0.05) is 0 Å². The summed E-state index contributed by atoms with van der Waals surface area (Å²) >= 11 is 2.03. The Bertz CT molecular complexity index is 322. The van der Waals surface area contributed by atoms with E-state index in [2.05, 4.69) is 65.8 Å². The fourth-order valence-corrected chi connectivity index (χ4v) is 1.50. The Morgan fingerprint density at radius 2 is 1.00 bits per heavy atom. The summed E-state index contributed by atoms with van der Waals surface area (Å²) in [7, 11) is 1.86. The molecule has 0 bridgehead atoms. The van der Waals surface area contributed by atoms with E-state index in [-0.39, 0.29) is 24.8 Å². The van der Waals surface area contributed by atoms with Crippen LogP contribution in [-0.4, -0.2) is 7.63 Å². The molecule has 2 rings (SSSR count). The van der Waals surface area contributed by atoms with Gasteiger partial charge in [0.25, 0.3) is 0 Å². The van der Waals surface area contributed by atoms with Crippen molar-refractivity contribution >= 4 is 32.4 Å². The van der Waals surface area contributed by atoms with Crippen molar-refractivity contribution in [1.29, 1.82) is 0 Å². The minimum absolute atomic E-state index is 0. The maximum absolute atomic E-state index is 3.25. The zero-order valence-electron chi connectivity index (χ0n) is 15.0. The summed E-state index contributed by atoms with van der Waals surface area (Å²) in [4.78, 5) is 0. The van der Waals surface area contributed by atoms with Gasteiger partial charge >= 0.3 is 26.8 Å². The molecule has 0 radical (unpaired) electrons. The van der Waals surface area contributed by atoms with Crippen molar-refractivity contribution in [3.8, 4) is 0 Å². The summed E-state index contributed by atoms with van der Waals surface area (Å²) in [5.74, 6) is 0. The van der Waals surface area contributed by atoms with Crippen molar-refractivity contribution in [2.45, 2.75) is 54.4 Å². The number of hydrogen-bond donors (Lipinski definition) is 0. The first kappa shape index (κ1) is 33.9. The van der Waals surface area contributed by atoms with Gasteiger partial charge in [-0.25, -0.2) is 23.3 Å². The molecule has 0 aromatic heterocycles. The first-order valence-corrected chi connectivity index (χ1v) is 10.9. The minimum atomic E-state index is 0. The van der Waals surface area contributed by atoms with E-state index in [4.69, 9.17) is 0 Å². The van der Waals surface area contributed by atoms with E-state index in [1.807, 2.05) is 26.8 Å². The van der Waals surface area contributed by atoms with E-state index < -0.39 is 0 Å². The van der Waals surface area contributed by atoms with Crippen LogP contribution in [0.4, 0.5) is 0 Å². The molecule has 0 saturated heterocycles. The molecule has 4 heteroatoms. The molecule has 0 N–H and O–H groups in total. The molecule has 0 aromatic carbocycles. The summed E-state index contributed by atoms with van der Waals surface area (Å²) < 4.78 is 0. The van der Waals surface area contributed by atoms with Crippen LogP contribution in [0.25, 0.3) is 0 Å². The average Bonchev–Trinajstić information content (AvgIpc) is 3.05. The zero-order chi connectivity index (χ0) is 16.6. The van der Waals surface area contributed by atoms with Crippen LogP contribution in [0.2, 0.25) is 0 Å². The molecule has 130 valence electrons. The second-order valence-corrected chi connectivity index (χ2v) is 4.05. The molecule has 2 aliphatic carbocycles. The van der Waals surface area contributed by atoms with Crippen LogP contribution < -0.4 is 0 Å². The van der Waals surface area contributed by atoms with E-state index in [0.29, 0.717) is 0 Å². The second kappa shape index (κ2) is 26.4. The standard InChI is InChI=1S/2C7H9.2C2H5.2ClH.H2Si.Ti/c2*1-6-3-4-7(2)5-6;2*1-2;;;;/h2*5H,3H2,1-2H3;2*1H2,2H3;2*1H;1H2;/q4*-1;;;;. The van der Waals surface area contributed by atoms with Crippen molar-refractivity contribution in [1.82, 2.24) is 0 Å². The van der Waals surface area contributed by atoms with Crippen molar-refractivity contribution in [3.63, 3.8) is 0 Å². The number of rotatable bonds is 0. The van der Waals surface area contributed by atoms with Gasteiger partial charge < -0.3 is 13.8 Å². The van der Waals surface area contributed by atoms with Crippen LogP contribution in [0.3, 0.4) is 0 Å². The van der Waals surface area contributed by atoms with Gasteiger partial charge in [0.05, 0.1) is 0 Å². The third-order valence-electron chi connectivity index (χ3n) is 2.22. The molecule has 0 amide bonds. The van der Waals surface area contributed by atoms with Crippen LogP contribution in [0.15, 0.2) is 34.4 Å². The SMILES string of the molecule is CC1=[C-]CC(C)=C1.CC1=[C-]CC(C)=C1.Cl.Cl.[CH2-]C.[CH2-]C.[SiH2]=[Ti]. The molecule has 2 aliphatic rings. The first-order chi connectivity index (χ1) is 9.58. The summed E-state index contributed by atoms with van der Waals surface area (Å²) in [5.41, 5.74) is 5.44. The Morgan fingerprint density at radius 3 is 1.05 bits per heavy atom. The molecule has 0 fully saturated rings. The van der Waals surface area contributed by atoms with Gasteiger partial charge in [-0.15, -0.1) is 37.7 Å². The predicted molar refractivity (Wildman–Crippen MR) is 107 cm³/mol. The number of halogens is 2. The van der Waals surface area contributed by atoms with Crippen LogP contribution in [0, 0.1) is 26.0 Å². The van der Waals surface area contributed by atoms with Gasteiger partial charge in [-0.3, -0.25) is 12.2 Å². The molecule has 0 atom stereocenters. The zero-order valence-corrected chi connectivity index (χ0v) is 19.6. The van der Waals surface area contributed by atoms with Gasteiger partial charge in [0.15, 0.2) is 0 Å². The van der Waals surface area contributed by atoms with Gasteiger partial charge in [0.2, 0.25) is 0 Å². The summed E-state index contributed by atoms with van der Waals surface area (Å²) in [6.07, 6.45) is 12.8. The summed E-state index contributed by atoms with van der Waals surface area (Å²) in [5, 5.41) is 0. The van der Waals surface area contributed by atoms with E-state index in [9.17, 15) is 0 Å². The van der Waals surface area contributed by atoms with Crippen molar-refractivity contribution < 1.29 is 19.2 Å². The molecule has 22 heavy (non-hydrogen) atoms. The fourth-order valence-electron chi connectivity index (χ4n) is 1.50. The Hall–Kier alpha value is 0.471. The van der Waals surface area contributed by atoms with E-state index >= 15 is 0 Å². The van der Waals surface area contributed by atoms with E-state index in [0.717, 1.165) is 12.8 Å². The molecular weight excluding hydrogens is 363 g/mol. The first-order valence-electron chi connectivity index (χ1n) is 6.84. The number of hydrogen-bond acceptors (Lipinski definition) is 0. The second-order valence-electron chi connectivity index (χ2n) is 4.05. The van der Waals surface area contributed by atoms with Crippen molar-refractivity contribution in [3.05, 3.63) is 60.4 Å². The third kappa shape index (κ3) is 22.7. The normalized spacial score (nSPS) is 12.9. The number of allylic oxidation sites excluding steroid dienone is 8. The van der Waals surface area contributed by atoms with Gasteiger partial charge in [-0.1, -0.05) is 27.7 Å². The Kier molecular flexibility index (Phi) is 40.7. The Labute approximate surface area is 165 Å². The van der Waals surface area contributed by atoms with E-state index in [1.54, 1.807) is 13.8 Å². The van der Waals surface area contributed by atoms with Crippen LogP contribution >= 0.6 is 24.8 Å². The van der Waals surface area contributed by atoms with Crippen LogP contribution in [0.5, 0.6) is 0 Å². The Balaban J connectivity index is -0.0000000614. The molecule has 0 heterocycles.